The molecule has 0 saturated heterocycles. The lowest BCUT2D eigenvalue weighted by atomic mass is 10.2. The summed E-state index contributed by atoms with van der Waals surface area (Å²) in [7, 11) is 0. The third-order valence-electron chi connectivity index (χ3n) is 3.92. The molecule has 0 fully saturated rings. The second-order valence-electron chi connectivity index (χ2n) is 6.08. The van der Waals surface area contributed by atoms with Crippen LogP contribution in [0.15, 0.2) is 64.5 Å². The fourth-order valence-corrected chi connectivity index (χ4v) is 3.46. The van der Waals surface area contributed by atoms with Crippen LogP contribution in [0.4, 0.5) is 5.69 Å². The summed E-state index contributed by atoms with van der Waals surface area (Å²) >= 11 is 1.51. The summed E-state index contributed by atoms with van der Waals surface area (Å²) in [6, 6.07) is 16.6. The summed E-state index contributed by atoms with van der Waals surface area (Å²) in [5.74, 6) is 0.244. The molecule has 0 saturated carbocycles. The number of amides is 1. The highest BCUT2D eigenvalue weighted by Gasteiger charge is 2.11. The summed E-state index contributed by atoms with van der Waals surface area (Å²) < 4.78 is 1.30. The van der Waals surface area contributed by atoms with Crippen molar-refractivity contribution < 1.29 is 4.79 Å². The van der Waals surface area contributed by atoms with Crippen molar-refractivity contribution in [1.82, 2.24) is 9.55 Å². The molecule has 0 unspecified atom stereocenters. The van der Waals surface area contributed by atoms with Gasteiger partial charge in [0, 0.05) is 10.6 Å². The summed E-state index contributed by atoms with van der Waals surface area (Å²) in [6.07, 6.45) is 1.39. The molecule has 7 heteroatoms. The fraction of sp³-hybridized carbons (Fsp3) is 0.200. The van der Waals surface area contributed by atoms with Crippen LogP contribution in [0, 0.1) is 17.2 Å². The number of para-hydroxylation sites is 2. The van der Waals surface area contributed by atoms with Gasteiger partial charge in [0.1, 0.15) is 6.54 Å². The van der Waals surface area contributed by atoms with Gasteiger partial charge in [-0.25, -0.2) is 4.98 Å². The molecule has 2 aromatic carbocycles. The second-order valence-corrected chi connectivity index (χ2v) is 7.14. The molecule has 0 bridgehead atoms. The smallest absolute Gasteiger partial charge is 0.261 e. The number of hydrogen-bond donors (Lipinski definition) is 1. The van der Waals surface area contributed by atoms with Gasteiger partial charge in [0.15, 0.2) is 0 Å². The normalized spacial score (nSPS) is 11.7. The number of nitrogens with one attached hydrogen (secondary N) is 1. The molecule has 1 heterocycles. The summed E-state index contributed by atoms with van der Waals surface area (Å²) in [5, 5.41) is 12.2. The largest absolute Gasteiger partial charge is 0.324 e. The fourth-order valence-electron chi connectivity index (χ4n) is 2.51. The minimum Gasteiger partial charge on any atom is -0.324 e. The van der Waals surface area contributed by atoms with E-state index in [0.717, 1.165) is 4.90 Å². The molecule has 1 amide bonds. The average molecular weight is 378 g/mol. The zero-order valence-electron chi connectivity index (χ0n) is 14.8. The first-order valence-electron chi connectivity index (χ1n) is 8.44. The van der Waals surface area contributed by atoms with Crippen LogP contribution in [0.2, 0.25) is 0 Å². The van der Waals surface area contributed by atoms with E-state index in [1.807, 2.05) is 31.2 Å². The number of nitriles is 1. The second kappa shape index (κ2) is 8.52. The van der Waals surface area contributed by atoms with E-state index in [9.17, 15) is 9.59 Å². The van der Waals surface area contributed by atoms with E-state index in [4.69, 9.17) is 5.26 Å². The summed E-state index contributed by atoms with van der Waals surface area (Å²) in [4.78, 5) is 30.1. The van der Waals surface area contributed by atoms with Crippen LogP contribution in [-0.2, 0) is 11.3 Å². The number of carbonyl (C=O) groups excluding carboxylic acids is 1. The molecule has 1 atom stereocenters. The minimum atomic E-state index is -0.310. The first-order valence-corrected chi connectivity index (χ1v) is 9.42. The highest BCUT2D eigenvalue weighted by atomic mass is 32.2. The van der Waals surface area contributed by atoms with E-state index in [0.29, 0.717) is 22.3 Å². The molecule has 0 radical (unpaired) electrons. The van der Waals surface area contributed by atoms with Crippen molar-refractivity contribution in [2.75, 3.05) is 11.1 Å². The first-order chi connectivity index (χ1) is 13.1. The highest BCUT2D eigenvalue weighted by molar-refractivity contribution is 7.99. The van der Waals surface area contributed by atoms with E-state index in [1.165, 1.54) is 22.7 Å². The number of fused-ring (bicyclic) bond motifs is 1. The number of benzene rings is 2. The number of hydrogen-bond acceptors (Lipinski definition) is 5. The molecule has 1 N–H and O–H groups in total. The third kappa shape index (κ3) is 4.54. The Morgan fingerprint density at radius 1 is 1.26 bits per heavy atom. The average Bonchev–Trinajstić information content (AvgIpc) is 2.69. The molecular formula is C20H18N4O2S. The number of aromatic nitrogens is 2. The number of nitrogens with zero attached hydrogens (tertiary/aromatic N) is 3. The van der Waals surface area contributed by atoms with Crippen LogP contribution in [-0.4, -0.2) is 21.2 Å². The van der Waals surface area contributed by atoms with Crippen molar-refractivity contribution in [2.24, 2.45) is 5.92 Å². The first kappa shape index (κ1) is 18.7. The van der Waals surface area contributed by atoms with Gasteiger partial charge in [-0.2, -0.15) is 5.26 Å². The van der Waals surface area contributed by atoms with Crippen LogP contribution in [0.25, 0.3) is 10.9 Å². The Kier molecular flexibility index (Phi) is 5.89. The zero-order chi connectivity index (χ0) is 19.2. The zero-order valence-corrected chi connectivity index (χ0v) is 15.6. The Hall–Kier alpha value is -3.11. The molecule has 3 rings (SSSR count). The Labute approximate surface area is 160 Å². The van der Waals surface area contributed by atoms with E-state index in [-0.39, 0.29) is 23.9 Å². The number of thioether (sulfide) groups is 1. The monoisotopic (exact) mass is 378 g/mol. The van der Waals surface area contributed by atoms with Gasteiger partial charge in [-0.15, -0.1) is 11.8 Å². The van der Waals surface area contributed by atoms with Gasteiger partial charge in [0.25, 0.3) is 5.56 Å². The van der Waals surface area contributed by atoms with E-state index in [2.05, 4.69) is 16.4 Å². The molecule has 3 aromatic rings. The quantitative estimate of drug-likeness (QED) is 0.665. The Balaban J connectivity index is 1.74. The van der Waals surface area contributed by atoms with Crippen LogP contribution in [0.3, 0.4) is 0 Å². The molecule has 0 aliphatic heterocycles. The maximum atomic E-state index is 12.5. The minimum absolute atomic E-state index is 0.0824. The molecule has 0 aliphatic carbocycles. The van der Waals surface area contributed by atoms with Crippen molar-refractivity contribution >= 4 is 34.3 Å². The van der Waals surface area contributed by atoms with Crippen molar-refractivity contribution in [3.8, 4) is 6.07 Å². The van der Waals surface area contributed by atoms with E-state index >= 15 is 0 Å². The van der Waals surface area contributed by atoms with Gasteiger partial charge in [-0.05, 0) is 31.2 Å². The van der Waals surface area contributed by atoms with Crippen LogP contribution in [0.5, 0.6) is 0 Å². The van der Waals surface area contributed by atoms with Crippen LogP contribution >= 0.6 is 11.8 Å². The van der Waals surface area contributed by atoms with Gasteiger partial charge in [0.05, 0.1) is 34.9 Å². The molecule has 1 aromatic heterocycles. The predicted octanol–water partition coefficient (Wildman–Crippen LogP) is 3.29. The van der Waals surface area contributed by atoms with Crippen molar-refractivity contribution in [2.45, 2.75) is 18.4 Å². The SMILES string of the molecule is C[C@H](C#N)CSc1ccccc1NC(=O)Cn1cnc2ccccc2c1=O. The van der Waals surface area contributed by atoms with Crippen LogP contribution < -0.4 is 10.9 Å². The van der Waals surface area contributed by atoms with Crippen molar-refractivity contribution in [3.63, 3.8) is 0 Å². The van der Waals surface area contributed by atoms with Crippen molar-refractivity contribution in [3.05, 3.63) is 65.2 Å². The lowest BCUT2D eigenvalue weighted by Crippen LogP contribution is -2.28. The lowest BCUT2D eigenvalue weighted by molar-refractivity contribution is -0.116. The Morgan fingerprint density at radius 2 is 2.00 bits per heavy atom. The molecule has 0 aliphatic rings. The van der Waals surface area contributed by atoms with Crippen LogP contribution in [0.1, 0.15) is 6.92 Å². The maximum Gasteiger partial charge on any atom is 0.261 e. The van der Waals surface area contributed by atoms with E-state index < -0.39 is 0 Å². The molecule has 27 heavy (non-hydrogen) atoms. The van der Waals surface area contributed by atoms with Gasteiger partial charge in [-0.1, -0.05) is 24.3 Å². The van der Waals surface area contributed by atoms with Crippen molar-refractivity contribution in [1.29, 1.82) is 5.26 Å². The predicted molar refractivity (Wildman–Crippen MR) is 107 cm³/mol. The Morgan fingerprint density at radius 3 is 2.81 bits per heavy atom. The molecular weight excluding hydrogens is 360 g/mol. The van der Waals surface area contributed by atoms with Gasteiger partial charge in [-0.3, -0.25) is 14.2 Å². The highest BCUT2D eigenvalue weighted by Crippen LogP contribution is 2.28. The summed E-state index contributed by atoms with van der Waals surface area (Å²) in [5.41, 5.74) is 1.02. The topological polar surface area (TPSA) is 87.8 Å². The van der Waals surface area contributed by atoms with E-state index in [1.54, 1.807) is 24.3 Å². The number of anilines is 1. The van der Waals surface area contributed by atoms with Gasteiger partial charge >= 0.3 is 0 Å². The lowest BCUT2D eigenvalue weighted by Gasteiger charge is -2.12. The standard InChI is InChI=1S/C20H18N4O2S/c1-14(10-21)12-27-18-9-5-4-8-17(18)23-19(25)11-24-13-22-16-7-3-2-6-15(16)20(24)26/h2-9,13-14H,11-12H2,1H3,(H,23,25)/t14-/m1/s1. The Bertz CT molecular complexity index is 1070. The number of rotatable bonds is 6. The molecule has 0 spiro atoms. The molecule has 136 valence electrons. The number of carbonyl (C=O) groups is 1. The maximum absolute atomic E-state index is 12.5. The molecule has 6 nitrogen and oxygen atoms in total. The van der Waals surface area contributed by atoms with Gasteiger partial charge in [0.2, 0.25) is 5.91 Å². The summed E-state index contributed by atoms with van der Waals surface area (Å²) in [6.45, 7) is 1.73. The third-order valence-corrected chi connectivity index (χ3v) is 5.25. The van der Waals surface area contributed by atoms with Gasteiger partial charge < -0.3 is 5.32 Å².